The number of fused-ring (bicyclic) bond motifs is 1. The molecular weight excluding hydrogens is 447 g/mol. The van der Waals surface area contributed by atoms with Crippen molar-refractivity contribution in [1.82, 2.24) is 9.88 Å². The van der Waals surface area contributed by atoms with E-state index in [1.807, 2.05) is 29.2 Å². The Hall–Kier alpha value is -2.38. The molecule has 2 saturated heterocycles. The molecular formula is C24H26ClFN4OS. The van der Waals surface area contributed by atoms with E-state index in [9.17, 15) is 9.18 Å². The molecule has 1 amide bonds. The van der Waals surface area contributed by atoms with Crippen LogP contribution in [0.5, 0.6) is 0 Å². The monoisotopic (exact) mass is 472 g/mol. The second kappa shape index (κ2) is 8.87. The smallest absolute Gasteiger partial charge is 0.225 e. The molecule has 8 heteroatoms. The fourth-order valence-electron chi connectivity index (χ4n) is 4.71. The Morgan fingerprint density at radius 2 is 1.81 bits per heavy atom. The van der Waals surface area contributed by atoms with E-state index in [1.165, 1.54) is 23.0 Å². The summed E-state index contributed by atoms with van der Waals surface area (Å²) >= 11 is 7.71. The van der Waals surface area contributed by atoms with Crippen molar-refractivity contribution in [2.24, 2.45) is 5.92 Å². The highest BCUT2D eigenvalue weighted by Gasteiger charge is 2.31. The molecule has 168 valence electrons. The molecule has 1 aromatic heterocycles. The van der Waals surface area contributed by atoms with Gasteiger partial charge in [0.2, 0.25) is 5.91 Å². The topological polar surface area (TPSA) is 39.7 Å². The first-order chi connectivity index (χ1) is 15.5. The highest BCUT2D eigenvalue weighted by molar-refractivity contribution is 7.22. The molecule has 32 heavy (non-hydrogen) atoms. The second-order valence-electron chi connectivity index (χ2n) is 8.59. The number of piperidine rings is 1. The van der Waals surface area contributed by atoms with Gasteiger partial charge in [-0.3, -0.25) is 4.79 Å². The minimum Gasteiger partial charge on any atom is -0.368 e. The van der Waals surface area contributed by atoms with Crippen LogP contribution in [0.15, 0.2) is 36.4 Å². The summed E-state index contributed by atoms with van der Waals surface area (Å²) in [7, 11) is 0. The van der Waals surface area contributed by atoms with Gasteiger partial charge in [0.1, 0.15) is 11.3 Å². The van der Waals surface area contributed by atoms with Gasteiger partial charge in [-0.15, -0.1) is 0 Å². The van der Waals surface area contributed by atoms with Crippen molar-refractivity contribution in [3.8, 4) is 0 Å². The molecule has 3 heterocycles. The van der Waals surface area contributed by atoms with Crippen LogP contribution >= 0.6 is 22.9 Å². The van der Waals surface area contributed by atoms with E-state index in [-0.39, 0.29) is 17.6 Å². The number of nitrogens with zero attached hydrogens (tertiary/aromatic N) is 4. The van der Waals surface area contributed by atoms with Crippen LogP contribution in [0.1, 0.15) is 18.4 Å². The van der Waals surface area contributed by atoms with Gasteiger partial charge < -0.3 is 14.7 Å². The Kier molecular flexibility index (Phi) is 5.95. The van der Waals surface area contributed by atoms with Gasteiger partial charge in [0.05, 0.1) is 4.70 Å². The van der Waals surface area contributed by atoms with E-state index in [0.29, 0.717) is 5.52 Å². The van der Waals surface area contributed by atoms with Gasteiger partial charge in [0.25, 0.3) is 0 Å². The highest BCUT2D eigenvalue weighted by Crippen LogP contribution is 2.33. The molecule has 0 saturated carbocycles. The van der Waals surface area contributed by atoms with Gasteiger partial charge in [-0.25, -0.2) is 9.37 Å². The Bertz CT molecular complexity index is 1140. The maximum atomic E-state index is 14.0. The quantitative estimate of drug-likeness (QED) is 0.540. The lowest BCUT2D eigenvalue weighted by Crippen LogP contribution is -2.51. The summed E-state index contributed by atoms with van der Waals surface area (Å²) in [5, 5.41) is 1.59. The molecule has 5 rings (SSSR count). The van der Waals surface area contributed by atoms with Crippen LogP contribution in [0.2, 0.25) is 5.02 Å². The first-order valence-corrected chi connectivity index (χ1v) is 12.3. The molecule has 0 unspecified atom stereocenters. The number of carbonyl (C=O) groups excluding carboxylic acids is 1. The van der Waals surface area contributed by atoms with Gasteiger partial charge in [0, 0.05) is 55.9 Å². The zero-order valence-corrected chi connectivity index (χ0v) is 19.6. The third-order valence-electron chi connectivity index (χ3n) is 6.58. The number of hydrogen-bond donors (Lipinski definition) is 0. The summed E-state index contributed by atoms with van der Waals surface area (Å²) in [6.45, 7) is 6.77. The molecule has 0 N–H and O–H groups in total. The van der Waals surface area contributed by atoms with Crippen molar-refractivity contribution in [2.45, 2.75) is 19.8 Å². The van der Waals surface area contributed by atoms with E-state index in [2.05, 4.69) is 21.7 Å². The van der Waals surface area contributed by atoms with Gasteiger partial charge in [-0.1, -0.05) is 35.1 Å². The van der Waals surface area contributed by atoms with Gasteiger partial charge in [0.15, 0.2) is 5.13 Å². The number of para-hydroxylation sites is 1. The lowest BCUT2D eigenvalue weighted by atomic mass is 9.95. The summed E-state index contributed by atoms with van der Waals surface area (Å²) in [5.41, 5.74) is 2.81. The van der Waals surface area contributed by atoms with Gasteiger partial charge >= 0.3 is 0 Å². The number of halogens is 2. The lowest BCUT2D eigenvalue weighted by molar-refractivity contribution is -0.136. The number of rotatable bonds is 3. The minimum absolute atomic E-state index is 0.0526. The van der Waals surface area contributed by atoms with Crippen molar-refractivity contribution in [2.75, 3.05) is 49.1 Å². The van der Waals surface area contributed by atoms with Gasteiger partial charge in [-0.2, -0.15) is 0 Å². The zero-order chi connectivity index (χ0) is 22.2. The molecule has 0 bridgehead atoms. The Morgan fingerprint density at radius 1 is 1.06 bits per heavy atom. The number of benzene rings is 2. The minimum atomic E-state index is -0.276. The number of aryl methyl sites for hydroxylation is 1. The fourth-order valence-corrected chi connectivity index (χ4v) is 5.90. The molecule has 0 spiro atoms. The average molecular weight is 473 g/mol. The van der Waals surface area contributed by atoms with Crippen LogP contribution in [-0.4, -0.2) is 55.1 Å². The predicted octanol–water partition coefficient (Wildman–Crippen LogP) is 4.96. The third kappa shape index (κ3) is 4.16. The van der Waals surface area contributed by atoms with E-state index < -0.39 is 0 Å². The van der Waals surface area contributed by atoms with Crippen molar-refractivity contribution >= 4 is 49.9 Å². The van der Waals surface area contributed by atoms with Crippen molar-refractivity contribution < 1.29 is 9.18 Å². The van der Waals surface area contributed by atoms with Crippen LogP contribution in [0.4, 0.5) is 15.2 Å². The summed E-state index contributed by atoms with van der Waals surface area (Å²) in [5.74, 6) is 0.0430. The normalized spacial score (nSPS) is 17.9. The Labute approximate surface area is 196 Å². The molecule has 2 aliphatic heterocycles. The number of carbonyl (C=O) groups is 1. The zero-order valence-electron chi connectivity index (χ0n) is 18.1. The fraction of sp³-hybridized carbons (Fsp3) is 0.417. The molecule has 0 aliphatic carbocycles. The Balaban J connectivity index is 1.17. The second-order valence-corrected chi connectivity index (χ2v) is 10.0. The van der Waals surface area contributed by atoms with Gasteiger partial charge in [-0.05, 0) is 49.6 Å². The first kappa shape index (κ1) is 21.5. The highest BCUT2D eigenvalue weighted by atomic mass is 35.5. The molecule has 2 fully saturated rings. The maximum Gasteiger partial charge on any atom is 0.225 e. The van der Waals surface area contributed by atoms with E-state index in [1.54, 1.807) is 6.07 Å². The van der Waals surface area contributed by atoms with Crippen molar-refractivity contribution in [3.63, 3.8) is 0 Å². The number of aromatic nitrogens is 1. The van der Waals surface area contributed by atoms with Crippen LogP contribution < -0.4 is 9.80 Å². The van der Waals surface area contributed by atoms with Crippen molar-refractivity contribution in [1.29, 1.82) is 0 Å². The van der Waals surface area contributed by atoms with E-state index in [0.717, 1.165) is 72.7 Å². The van der Waals surface area contributed by atoms with E-state index in [4.69, 9.17) is 11.6 Å². The number of hydrogen-bond acceptors (Lipinski definition) is 5. The molecule has 0 atom stereocenters. The summed E-state index contributed by atoms with van der Waals surface area (Å²) in [4.78, 5) is 24.2. The number of amides is 1. The van der Waals surface area contributed by atoms with Crippen molar-refractivity contribution in [3.05, 3.63) is 52.8 Å². The SMILES string of the molecule is Cc1ccc(Cl)cc1N1CCN(C(=O)C2CCN(c3nc4c(F)cccc4s3)CC2)CC1. The lowest BCUT2D eigenvalue weighted by Gasteiger charge is -2.39. The number of thiazole rings is 1. The molecule has 0 radical (unpaired) electrons. The molecule has 3 aromatic rings. The van der Waals surface area contributed by atoms with Crippen LogP contribution in [0, 0.1) is 18.7 Å². The van der Waals surface area contributed by atoms with E-state index >= 15 is 0 Å². The number of anilines is 2. The largest absolute Gasteiger partial charge is 0.368 e. The van der Waals surface area contributed by atoms with Crippen LogP contribution in [-0.2, 0) is 4.79 Å². The Morgan fingerprint density at radius 3 is 2.53 bits per heavy atom. The first-order valence-electron chi connectivity index (χ1n) is 11.1. The van der Waals surface area contributed by atoms with Crippen LogP contribution in [0.25, 0.3) is 10.2 Å². The molecule has 2 aromatic carbocycles. The molecule has 5 nitrogen and oxygen atoms in total. The number of piperazine rings is 1. The standard InChI is InChI=1S/C24H26ClFN4OS/c1-16-5-6-18(25)15-20(16)28-11-13-29(14-12-28)23(31)17-7-9-30(10-8-17)24-27-22-19(26)3-2-4-21(22)32-24/h2-6,15,17H,7-14H2,1H3. The predicted molar refractivity (Wildman–Crippen MR) is 129 cm³/mol. The average Bonchev–Trinajstić information content (AvgIpc) is 3.26. The summed E-state index contributed by atoms with van der Waals surface area (Å²) in [6.07, 6.45) is 1.62. The summed E-state index contributed by atoms with van der Waals surface area (Å²) < 4.78 is 14.9. The van der Waals surface area contributed by atoms with Crippen LogP contribution in [0.3, 0.4) is 0 Å². The molecule has 2 aliphatic rings. The third-order valence-corrected chi connectivity index (χ3v) is 7.89. The summed E-state index contributed by atoms with van der Waals surface area (Å²) in [6, 6.07) is 11.0. The maximum absolute atomic E-state index is 14.0.